The zero-order chi connectivity index (χ0) is 72.2. The van der Waals surface area contributed by atoms with Gasteiger partial charge in [-0.3, -0.25) is 33.3 Å². The maximum atomic E-state index is 15.0. The van der Waals surface area contributed by atoms with Gasteiger partial charge in [-0.2, -0.15) is 0 Å². The lowest BCUT2D eigenvalue weighted by Crippen LogP contribution is -2.53. The SMILES string of the molecule is C#CC(O[Si](C(C)C)(C(C)C)C(C)C)[C@H]1O[C@@H](n2c(C#C[C@@H](O[Si](C(C)C)(C(C)C)C(C)C)[C@H]3O[C@@H](n4c(C#C[C@@H](O[Si](C(C)C)(C(C)C)C(C)C)[C@H]5O[C@@H](n6ccc(=O)[nH]c6=O)[C@@H]6OC(C)(C)O[C@@H]65)cc(=O)[nH]c4=O)[C@@H]4OC(C)(C)O[C@@H]43)nc3c(N)ncnc32)[C@@H]2OC(C)(C)O[C@@H]21. The summed E-state index contributed by atoms with van der Waals surface area (Å²) in [7, 11) is -8.51. The summed E-state index contributed by atoms with van der Waals surface area (Å²) in [5.74, 6) is 13.4. The van der Waals surface area contributed by atoms with E-state index < -0.39 is 157 Å². The van der Waals surface area contributed by atoms with Crippen LogP contribution in [0, 0.1) is 36.0 Å². The molecule has 0 aliphatic carbocycles. The fourth-order valence-corrected chi connectivity index (χ4v) is 34.0. The summed E-state index contributed by atoms with van der Waals surface area (Å²) >= 11 is 0. The van der Waals surface area contributed by atoms with Crippen molar-refractivity contribution in [1.82, 2.24) is 38.6 Å². The molecule has 10 heterocycles. The van der Waals surface area contributed by atoms with E-state index in [1.54, 1.807) is 32.3 Å². The number of ether oxygens (including phenoxy) is 9. The van der Waals surface area contributed by atoms with Crippen LogP contribution in [0.15, 0.2) is 43.8 Å². The minimum Gasteiger partial charge on any atom is -0.400 e. The molecule has 0 radical (unpaired) electrons. The molecule has 0 spiro atoms. The van der Waals surface area contributed by atoms with Crippen LogP contribution >= 0.6 is 0 Å². The van der Waals surface area contributed by atoms with Crippen LogP contribution in [-0.4, -0.2) is 154 Å². The standard InChI is InChI=1S/C70H105N9O16Si3/c1-26-45(93-96(35(2)3,36(4)5)37(6)7)52-55-60(92-69(22,23)87-55)65(85-52)79-48(74-51-61(71)72-34-73-62(51)79)30-29-47(95-98(41(14)15,42(16)17)43(18)19)54-57-59(91-70(24,25)89-57)64(86-54)78-44(33-50(81)76-67(78)83)27-28-46(94-97(38(8)9,39(10)11)40(12)13)53-56-58(90-68(20,21)88-56)63(84-53)77-32-31-49(80)75-66(77)82/h1,31-43,45-47,52-60,63-65H,2-25H3,(H2,71,72,73)(H,75,80,82)(H,76,81,83)/t45?,46-,47-,52-,53-,54-,55-,56-,57-,58-,59-,60-,63-,64-,65-/m1/s1. The van der Waals surface area contributed by atoms with Crippen LogP contribution in [0.1, 0.15) is 196 Å². The van der Waals surface area contributed by atoms with Crippen LogP contribution < -0.4 is 28.2 Å². The normalized spacial score (nSPS) is 28.3. The number of hydrogen-bond acceptors (Lipinski definition) is 20. The van der Waals surface area contributed by atoms with Gasteiger partial charge in [0.2, 0.25) is 25.0 Å². The van der Waals surface area contributed by atoms with Crippen molar-refractivity contribution in [3.05, 3.63) is 77.9 Å². The molecule has 4 N–H and O–H groups in total. The Balaban J connectivity index is 1.12. The summed E-state index contributed by atoms with van der Waals surface area (Å²) in [6.45, 7) is 49.8. The number of nitrogens with one attached hydrogen (secondary N) is 2. The minimum absolute atomic E-state index is 0.0394. The lowest BCUT2D eigenvalue weighted by atomic mass is 10.1. The molecule has 6 saturated heterocycles. The van der Waals surface area contributed by atoms with Gasteiger partial charge in [0, 0.05) is 18.3 Å². The molecule has 6 fully saturated rings. The second-order valence-corrected chi connectivity index (χ2v) is 47.6. The third-order valence-corrected chi connectivity index (χ3v) is 39.4. The first kappa shape index (κ1) is 75.2. The zero-order valence-electron chi connectivity index (χ0n) is 61.5. The number of rotatable bonds is 21. The third kappa shape index (κ3) is 13.4. The molecule has 15 atom stereocenters. The summed E-state index contributed by atoms with van der Waals surface area (Å²) in [6, 6.07) is 2.46. The quantitative estimate of drug-likeness (QED) is 0.0516. The number of nitrogens with zero attached hydrogens (tertiary/aromatic N) is 6. The molecule has 98 heavy (non-hydrogen) atoms. The Labute approximate surface area is 578 Å². The molecule has 28 heteroatoms. The molecule has 4 aromatic heterocycles. The van der Waals surface area contributed by atoms with Gasteiger partial charge in [-0.15, -0.1) is 6.42 Å². The summed E-state index contributed by atoms with van der Waals surface area (Å²) in [5, 5.41) is 0. The largest absolute Gasteiger partial charge is 0.400 e. The van der Waals surface area contributed by atoms with Gasteiger partial charge < -0.3 is 61.6 Å². The second-order valence-electron chi connectivity index (χ2n) is 31.4. The van der Waals surface area contributed by atoms with Crippen molar-refractivity contribution < 1.29 is 55.9 Å². The van der Waals surface area contributed by atoms with Gasteiger partial charge in [-0.05, 0) is 103 Å². The first-order valence-electron chi connectivity index (χ1n) is 34.9. The van der Waals surface area contributed by atoms with Gasteiger partial charge in [0.05, 0.1) is 0 Å². The minimum atomic E-state index is -2.98. The van der Waals surface area contributed by atoms with E-state index in [0.717, 1.165) is 0 Å². The number of imidazole rings is 1. The van der Waals surface area contributed by atoms with Crippen molar-refractivity contribution in [3.8, 4) is 36.0 Å². The number of aromatic nitrogens is 8. The molecule has 4 aromatic rings. The molecular weight excluding hydrogens is 1310 g/mol. The number of terminal acetylenes is 1. The Kier molecular flexibility index (Phi) is 21.3. The van der Waals surface area contributed by atoms with Crippen LogP contribution in [0.25, 0.3) is 11.2 Å². The number of H-pyrrole nitrogens is 2. The van der Waals surface area contributed by atoms with Crippen LogP contribution in [0.4, 0.5) is 5.82 Å². The average Bonchev–Trinajstić information content (AvgIpc) is 1.57. The predicted molar refractivity (Wildman–Crippen MR) is 376 cm³/mol. The van der Waals surface area contributed by atoms with Crippen molar-refractivity contribution in [2.45, 2.75) is 325 Å². The van der Waals surface area contributed by atoms with Crippen molar-refractivity contribution in [1.29, 1.82) is 0 Å². The lowest BCUT2D eigenvalue weighted by molar-refractivity contribution is -0.204. The summed E-state index contributed by atoms with van der Waals surface area (Å²) in [6.07, 6.45) is -5.42. The number of hydrogen-bond donors (Lipinski definition) is 3. The van der Waals surface area contributed by atoms with E-state index in [9.17, 15) is 19.2 Å². The molecule has 0 bridgehead atoms. The molecule has 6 aliphatic heterocycles. The monoisotopic (exact) mass is 1410 g/mol. The van der Waals surface area contributed by atoms with E-state index in [2.05, 4.69) is 169 Å². The van der Waals surface area contributed by atoms with Gasteiger partial charge in [-0.25, -0.2) is 24.5 Å². The molecular formula is C70H105N9O16Si3. The smallest absolute Gasteiger partial charge is 0.331 e. The Morgan fingerprint density at radius 2 is 0.888 bits per heavy atom. The van der Waals surface area contributed by atoms with Crippen LogP contribution in [-0.2, 0) is 55.9 Å². The number of fused-ring (bicyclic) bond motifs is 4. The first-order chi connectivity index (χ1) is 45.7. The number of nitrogen functional groups attached to an aromatic ring is 1. The average molecular weight is 1410 g/mol. The van der Waals surface area contributed by atoms with Gasteiger partial charge in [0.1, 0.15) is 85.3 Å². The molecule has 6 aliphatic rings. The molecule has 10 rings (SSSR count). The van der Waals surface area contributed by atoms with E-state index in [1.165, 1.54) is 33.8 Å². The topological polar surface area (TPSA) is 290 Å². The Bertz CT molecular complexity index is 3950. The predicted octanol–water partition coefficient (Wildman–Crippen LogP) is 9.78. The Morgan fingerprint density at radius 1 is 0.510 bits per heavy atom. The van der Waals surface area contributed by atoms with E-state index in [0.29, 0.717) is 5.65 Å². The highest BCUT2D eigenvalue weighted by molar-refractivity contribution is 6.78. The Morgan fingerprint density at radius 3 is 1.32 bits per heavy atom. The summed E-state index contributed by atoms with van der Waals surface area (Å²) in [4.78, 5) is 73.7. The number of aromatic amines is 2. The number of anilines is 1. The van der Waals surface area contributed by atoms with E-state index >= 15 is 0 Å². The van der Waals surface area contributed by atoms with Gasteiger partial charge in [0.15, 0.2) is 58.9 Å². The van der Waals surface area contributed by atoms with Gasteiger partial charge in [0.25, 0.3) is 11.1 Å². The highest BCUT2D eigenvalue weighted by Gasteiger charge is 2.64. The Hall–Kier alpha value is -5.44. The molecule has 0 amide bonds. The summed E-state index contributed by atoms with van der Waals surface area (Å²) < 4.78 is 88.7. The third-order valence-electron chi connectivity index (χ3n) is 21.2. The lowest BCUT2D eigenvalue weighted by Gasteiger charge is -2.45. The van der Waals surface area contributed by atoms with Gasteiger partial charge in [-0.1, -0.05) is 142 Å². The van der Waals surface area contributed by atoms with Crippen molar-refractivity contribution >= 4 is 41.9 Å². The molecule has 0 saturated carbocycles. The fourth-order valence-electron chi connectivity index (χ4n) is 17.6. The molecule has 1 unspecified atom stereocenters. The van der Waals surface area contributed by atoms with E-state index in [4.69, 9.17) is 78.0 Å². The van der Waals surface area contributed by atoms with Crippen LogP contribution in [0.3, 0.4) is 0 Å². The zero-order valence-corrected chi connectivity index (χ0v) is 64.5. The van der Waals surface area contributed by atoms with E-state index in [1.807, 2.05) is 13.8 Å². The second kappa shape index (κ2) is 27.7. The molecule has 538 valence electrons. The highest BCUT2D eigenvalue weighted by atomic mass is 28.4. The van der Waals surface area contributed by atoms with Crippen molar-refractivity contribution in [2.24, 2.45) is 0 Å². The van der Waals surface area contributed by atoms with Crippen LogP contribution in [0.2, 0.25) is 49.9 Å². The van der Waals surface area contributed by atoms with Crippen molar-refractivity contribution in [2.75, 3.05) is 5.73 Å². The highest BCUT2D eigenvalue weighted by Crippen LogP contribution is 2.53. The fraction of sp³-hybridized carbons (Fsp3) is 0.729. The summed E-state index contributed by atoms with van der Waals surface area (Å²) in [5.41, 5.74) is 5.20. The number of nitrogens with two attached hydrogens (primary N) is 1. The molecule has 0 aromatic carbocycles. The van der Waals surface area contributed by atoms with Gasteiger partial charge >= 0.3 is 11.4 Å². The maximum absolute atomic E-state index is 15.0. The first-order valence-corrected chi connectivity index (χ1v) is 41.3. The van der Waals surface area contributed by atoms with Crippen LogP contribution in [0.5, 0.6) is 0 Å². The molecule has 25 nitrogen and oxygen atoms in total. The van der Waals surface area contributed by atoms with Crippen molar-refractivity contribution in [3.63, 3.8) is 0 Å². The van der Waals surface area contributed by atoms with E-state index in [-0.39, 0.29) is 72.7 Å². The maximum Gasteiger partial charge on any atom is 0.331 e.